The van der Waals surface area contributed by atoms with Gasteiger partial charge in [-0.1, -0.05) is 17.7 Å². The molecule has 0 fully saturated rings. The Kier molecular flexibility index (Phi) is 6.25. The number of aryl methyl sites for hydroxylation is 2. The molecule has 0 spiro atoms. The van der Waals surface area contributed by atoms with Crippen LogP contribution in [0.15, 0.2) is 18.2 Å². The van der Waals surface area contributed by atoms with Gasteiger partial charge in [-0.2, -0.15) is 0 Å². The molecule has 0 aliphatic rings. The van der Waals surface area contributed by atoms with E-state index in [1.54, 1.807) is 0 Å². The van der Waals surface area contributed by atoms with E-state index in [0.717, 1.165) is 12.2 Å². The Balaban J connectivity index is 2.94. The number of hydrogen-bond donors (Lipinski definition) is 0. The van der Waals surface area contributed by atoms with Crippen molar-refractivity contribution in [3.8, 4) is 0 Å². The third-order valence-electron chi connectivity index (χ3n) is 3.80. The molecular weight excluding hydrogens is 260 g/mol. The van der Waals surface area contributed by atoms with Gasteiger partial charge < -0.3 is 9.80 Å². The van der Waals surface area contributed by atoms with Gasteiger partial charge in [-0.3, -0.25) is 4.79 Å². The van der Waals surface area contributed by atoms with E-state index in [0.29, 0.717) is 6.54 Å². The van der Waals surface area contributed by atoms with Gasteiger partial charge in [0.15, 0.2) is 0 Å². The van der Waals surface area contributed by atoms with E-state index in [-0.39, 0.29) is 18.0 Å². The number of benzene rings is 1. The molecule has 1 aromatic carbocycles. The van der Waals surface area contributed by atoms with Crippen LogP contribution in [0.5, 0.6) is 0 Å². The fraction of sp³-hybridized carbons (Fsp3) is 0.611. The van der Waals surface area contributed by atoms with Crippen molar-refractivity contribution in [2.45, 2.75) is 60.5 Å². The molecule has 0 aliphatic heterocycles. The van der Waals surface area contributed by atoms with Gasteiger partial charge in [-0.15, -0.1) is 0 Å². The SMILES string of the molecule is CCN(CC(=O)N(C(C)C)C(C)C)c1ccc(C)cc1C. The van der Waals surface area contributed by atoms with Crippen molar-refractivity contribution in [3.63, 3.8) is 0 Å². The van der Waals surface area contributed by atoms with Crippen molar-refractivity contribution < 1.29 is 4.79 Å². The van der Waals surface area contributed by atoms with Gasteiger partial charge in [0.25, 0.3) is 0 Å². The van der Waals surface area contributed by atoms with E-state index in [1.807, 2.05) is 4.90 Å². The Labute approximate surface area is 129 Å². The number of hydrogen-bond acceptors (Lipinski definition) is 2. The van der Waals surface area contributed by atoms with Gasteiger partial charge in [0, 0.05) is 24.3 Å². The molecule has 21 heavy (non-hydrogen) atoms. The third-order valence-corrected chi connectivity index (χ3v) is 3.80. The van der Waals surface area contributed by atoms with Crippen LogP contribution in [-0.4, -0.2) is 36.0 Å². The van der Waals surface area contributed by atoms with Crippen LogP contribution in [0.25, 0.3) is 0 Å². The highest BCUT2D eigenvalue weighted by atomic mass is 16.2. The molecule has 1 rings (SSSR count). The van der Waals surface area contributed by atoms with Gasteiger partial charge in [-0.05, 0) is 60.1 Å². The van der Waals surface area contributed by atoms with Crippen molar-refractivity contribution in [2.24, 2.45) is 0 Å². The first kappa shape index (κ1) is 17.5. The topological polar surface area (TPSA) is 23.6 Å². The number of carbonyl (C=O) groups excluding carboxylic acids is 1. The molecule has 118 valence electrons. The van der Waals surface area contributed by atoms with Crippen molar-refractivity contribution in [2.75, 3.05) is 18.0 Å². The largest absolute Gasteiger partial charge is 0.362 e. The van der Waals surface area contributed by atoms with E-state index in [1.165, 1.54) is 11.1 Å². The normalized spacial score (nSPS) is 11.1. The molecule has 3 nitrogen and oxygen atoms in total. The highest BCUT2D eigenvalue weighted by Crippen LogP contribution is 2.21. The summed E-state index contributed by atoms with van der Waals surface area (Å²) in [5.74, 6) is 0.196. The monoisotopic (exact) mass is 290 g/mol. The van der Waals surface area contributed by atoms with Crippen LogP contribution in [0, 0.1) is 13.8 Å². The average molecular weight is 290 g/mol. The van der Waals surface area contributed by atoms with Crippen molar-refractivity contribution in [3.05, 3.63) is 29.3 Å². The molecule has 0 saturated carbocycles. The van der Waals surface area contributed by atoms with Crippen LogP contribution < -0.4 is 4.90 Å². The Morgan fingerprint density at radius 3 is 2.10 bits per heavy atom. The summed E-state index contributed by atoms with van der Waals surface area (Å²) in [4.78, 5) is 16.8. The smallest absolute Gasteiger partial charge is 0.242 e. The van der Waals surface area contributed by atoms with E-state index in [4.69, 9.17) is 0 Å². The number of nitrogens with zero attached hydrogens (tertiary/aromatic N) is 2. The zero-order valence-electron chi connectivity index (χ0n) is 14.6. The lowest BCUT2D eigenvalue weighted by Gasteiger charge is -2.34. The van der Waals surface area contributed by atoms with Crippen molar-refractivity contribution in [1.29, 1.82) is 0 Å². The summed E-state index contributed by atoms with van der Waals surface area (Å²) in [6.45, 7) is 15.9. The summed E-state index contributed by atoms with van der Waals surface area (Å²) in [6.07, 6.45) is 0. The van der Waals surface area contributed by atoms with E-state index >= 15 is 0 Å². The first-order valence-corrected chi connectivity index (χ1v) is 7.91. The van der Waals surface area contributed by atoms with Gasteiger partial charge in [0.2, 0.25) is 5.91 Å². The van der Waals surface area contributed by atoms with Gasteiger partial charge in [0.1, 0.15) is 0 Å². The standard InChI is InChI=1S/C18H30N2O/c1-8-19(17-10-9-15(6)11-16(17)7)12-18(21)20(13(2)3)14(4)5/h9-11,13-14H,8,12H2,1-7H3. The molecule has 3 heteroatoms. The van der Waals surface area contributed by atoms with Crippen LogP contribution in [0.1, 0.15) is 45.7 Å². The second kappa shape index (κ2) is 7.48. The maximum absolute atomic E-state index is 12.6. The van der Waals surface area contributed by atoms with E-state index < -0.39 is 0 Å². The van der Waals surface area contributed by atoms with Gasteiger partial charge in [-0.25, -0.2) is 0 Å². The Morgan fingerprint density at radius 2 is 1.67 bits per heavy atom. The number of carbonyl (C=O) groups is 1. The molecule has 0 atom stereocenters. The molecule has 0 saturated heterocycles. The minimum absolute atomic E-state index is 0.196. The molecule has 0 aliphatic carbocycles. The number of anilines is 1. The molecule has 0 N–H and O–H groups in total. The molecule has 0 aromatic heterocycles. The molecule has 1 aromatic rings. The second-order valence-electron chi connectivity index (χ2n) is 6.29. The van der Waals surface area contributed by atoms with Crippen LogP contribution in [-0.2, 0) is 4.79 Å². The maximum atomic E-state index is 12.6. The summed E-state index contributed by atoms with van der Waals surface area (Å²) in [6, 6.07) is 6.87. The average Bonchev–Trinajstić information content (AvgIpc) is 2.35. The Bertz CT molecular complexity index is 472. The van der Waals surface area contributed by atoms with Gasteiger partial charge in [0.05, 0.1) is 6.54 Å². The molecular formula is C18H30N2O. The summed E-state index contributed by atoms with van der Waals surface area (Å²) in [5.41, 5.74) is 3.64. The van der Waals surface area contributed by atoms with Crippen molar-refractivity contribution >= 4 is 11.6 Å². The quantitative estimate of drug-likeness (QED) is 0.796. The van der Waals surface area contributed by atoms with Gasteiger partial charge >= 0.3 is 0 Å². The number of rotatable bonds is 6. The lowest BCUT2D eigenvalue weighted by atomic mass is 10.1. The second-order valence-corrected chi connectivity index (χ2v) is 6.29. The summed E-state index contributed by atoms with van der Waals surface area (Å²) >= 11 is 0. The Morgan fingerprint density at radius 1 is 1.10 bits per heavy atom. The van der Waals surface area contributed by atoms with E-state index in [2.05, 4.69) is 71.6 Å². The highest BCUT2D eigenvalue weighted by Gasteiger charge is 2.22. The first-order chi connectivity index (χ1) is 9.77. The number of amides is 1. The zero-order chi connectivity index (χ0) is 16.2. The fourth-order valence-corrected chi connectivity index (χ4v) is 2.94. The maximum Gasteiger partial charge on any atom is 0.242 e. The lowest BCUT2D eigenvalue weighted by molar-refractivity contribution is -0.133. The predicted molar refractivity (Wildman–Crippen MR) is 90.9 cm³/mol. The predicted octanol–water partition coefficient (Wildman–Crippen LogP) is 3.78. The van der Waals surface area contributed by atoms with Crippen LogP contribution in [0.4, 0.5) is 5.69 Å². The minimum atomic E-state index is 0.196. The fourth-order valence-electron chi connectivity index (χ4n) is 2.94. The lowest BCUT2D eigenvalue weighted by Crippen LogP contribution is -2.47. The first-order valence-electron chi connectivity index (χ1n) is 7.91. The summed E-state index contributed by atoms with van der Waals surface area (Å²) in [5, 5.41) is 0. The third kappa shape index (κ3) is 4.48. The van der Waals surface area contributed by atoms with Crippen LogP contribution >= 0.6 is 0 Å². The van der Waals surface area contributed by atoms with Crippen LogP contribution in [0.3, 0.4) is 0 Å². The Hall–Kier alpha value is -1.51. The molecule has 0 bridgehead atoms. The van der Waals surface area contributed by atoms with Crippen molar-refractivity contribution in [1.82, 2.24) is 4.90 Å². The number of likely N-dealkylation sites (N-methyl/N-ethyl adjacent to an activating group) is 1. The highest BCUT2D eigenvalue weighted by molar-refractivity contribution is 5.82. The molecule has 0 unspecified atom stereocenters. The molecule has 0 heterocycles. The van der Waals surface area contributed by atoms with E-state index in [9.17, 15) is 4.79 Å². The summed E-state index contributed by atoms with van der Waals surface area (Å²) in [7, 11) is 0. The minimum Gasteiger partial charge on any atom is -0.362 e. The zero-order valence-corrected chi connectivity index (χ0v) is 14.6. The van der Waals surface area contributed by atoms with Crippen LogP contribution in [0.2, 0.25) is 0 Å². The molecule has 0 radical (unpaired) electrons. The molecule has 1 amide bonds. The summed E-state index contributed by atoms with van der Waals surface area (Å²) < 4.78 is 0.